The maximum Gasteiger partial charge on any atom is 0.416 e. The predicted octanol–water partition coefficient (Wildman–Crippen LogP) is 3.49. The fourth-order valence-corrected chi connectivity index (χ4v) is 3.89. The van der Waals surface area contributed by atoms with E-state index in [2.05, 4.69) is 15.3 Å². The molecule has 11 heteroatoms. The molecule has 1 N–H and O–H groups in total. The van der Waals surface area contributed by atoms with Crippen LogP contribution >= 0.6 is 0 Å². The number of hydrogen-bond donors (Lipinski definition) is 1. The van der Waals surface area contributed by atoms with Crippen LogP contribution in [0.3, 0.4) is 0 Å². The monoisotopic (exact) mass is 466 g/mol. The summed E-state index contributed by atoms with van der Waals surface area (Å²) in [6.45, 7) is 9.03. The fourth-order valence-electron chi connectivity index (χ4n) is 3.89. The van der Waals surface area contributed by atoms with E-state index in [-0.39, 0.29) is 11.9 Å². The van der Waals surface area contributed by atoms with Gasteiger partial charge in [0.25, 0.3) is 0 Å². The van der Waals surface area contributed by atoms with E-state index in [1.54, 1.807) is 17.0 Å². The van der Waals surface area contributed by atoms with Crippen LogP contribution in [0.2, 0.25) is 0 Å². The molecule has 0 radical (unpaired) electrons. The van der Waals surface area contributed by atoms with Gasteiger partial charge >= 0.3 is 12.2 Å². The lowest BCUT2D eigenvalue weighted by Gasteiger charge is -2.35. The zero-order chi connectivity index (χ0) is 24.2. The van der Waals surface area contributed by atoms with Crippen molar-refractivity contribution in [3.05, 3.63) is 41.6 Å². The van der Waals surface area contributed by atoms with Gasteiger partial charge < -0.3 is 15.1 Å². The highest BCUT2D eigenvalue weighted by Gasteiger charge is 2.32. The molecule has 0 bridgehead atoms. The van der Waals surface area contributed by atoms with E-state index in [1.165, 1.54) is 23.9 Å². The highest BCUT2D eigenvalue weighted by Crippen LogP contribution is 2.34. The largest absolute Gasteiger partial charge is 0.416 e. The van der Waals surface area contributed by atoms with E-state index in [0.29, 0.717) is 57.3 Å². The first-order valence-electron chi connectivity index (χ1n) is 10.9. The quantitative estimate of drug-likeness (QED) is 0.706. The molecule has 1 aliphatic rings. The van der Waals surface area contributed by atoms with E-state index in [4.69, 9.17) is 0 Å². The number of piperazine rings is 1. The van der Waals surface area contributed by atoms with Crippen LogP contribution in [-0.2, 0) is 17.5 Å². The topological polar surface area (TPSA) is 73.7 Å². The number of aromatic nitrogens is 2. The summed E-state index contributed by atoms with van der Waals surface area (Å²) in [6.07, 6.45) is -2.89. The zero-order valence-electron chi connectivity index (χ0n) is 19.0. The third-order valence-electron chi connectivity index (χ3n) is 5.64. The average molecular weight is 467 g/mol. The van der Waals surface area contributed by atoms with Crippen LogP contribution < -0.4 is 10.2 Å². The minimum atomic E-state index is -4.39. The second-order valence-electron chi connectivity index (χ2n) is 7.89. The van der Waals surface area contributed by atoms with Crippen molar-refractivity contribution in [2.45, 2.75) is 33.5 Å². The Hall–Kier alpha value is -3.08. The Morgan fingerprint density at radius 3 is 2.33 bits per heavy atom. The molecule has 0 atom stereocenters. The predicted molar refractivity (Wildman–Crippen MR) is 119 cm³/mol. The van der Waals surface area contributed by atoms with Gasteiger partial charge in [0.15, 0.2) is 5.82 Å². The Kier molecular flexibility index (Phi) is 7.62. The van der Waals surface area contributed by atoms with E-state index >= 15 is 0 Å². The molecule has 0 saturated carbocycles. The Morgan fingerprint density at radius 2 is 1.76 bits per heavy atom. The minimum Gasteiger partial charge on any atom is -0.372 e. The number of carbonyl (C=O) groups is 2. The number of rotatable bonds is 6. The first kappa shape index (κ1) is 24.6. The van der Waals surface area contributed by atoms with Crippen LogP contribution in [0.5, 0.6) is 0 Å². The lowest BCUT2D eigenvalue weighted by atomic mass is 10.1. The second kappa shape index (κ2) is 10.2. The summed E-state index contributed by atoms with van der Waals surface area (Å²) < 4.78 is 41.0. The molecule has 33 heavy (non-hydrogen) atoms. The zero-order valence-corrected chi connectivity index (χ0v) is 19.0. The Labute approximate surface area is 190 Å². The average Bonchev–Trinajstić information content (AvgIpc) is 3.22. The van der Waals surface area contributed by atoms with Crippen molar-refractivity contribution >= 4 is 23.4 Å². The molecule has 1 aliphatic heterocycles. The van der Waals surface area contributed by atoms with Crippen LogP contribution in [0.4, 0.5) is 29.5 Å². The van der Waals surface area contributed by atoms with Crippen molar-refractivity contribution < 1.29 is 22.8 Å². The highest BCUT2D eigenvalue weighted by molar-refractivity contribution is 5.88. The van der Waals surface area contributed by atoms with E-state index in [1.807, 2.05) is 18.7 Å². The molecule has 2 aromatic rings. The number of amides is 2. The maximum atomic E-state index is 13.3. The van der Waals surface area contributed by atoms with Crippen LogP contribution in [-0.4, -0.2) is 70.8 Å². The smallest absolute Gasteiger partial charge is 0.372 e. The first-order valence-corrected chi connectivity index (χ1v) is 10.9. The molecule has 2 amide bonds. The summed E-state index contributed by atoms with van der Waals surface area (Å²) in [7, 11) is 0. The number of anilines is 2. The molecule has 0 unspecified atom stereocenters. The van der Waals surface area contributed by atoms with Crippen LogP contribution in [0.1, 0.15) is 31.9 Å². The lowest BCUT2D eigenvalue weighted by molar-refractivity contribution is -0.137. The van der Waals surface area contributed by atoms with Gasteiger partial charge in [-0.05, 0) is 31.5 Å². The minimum absolute atomic E-state index is 0.270. The normalized spacial score (nSPS) is 14.9. The molecule has 1 aromatic heterocycles. The number of hydrogen-bond acceptors (Lipinski definition) is 5. The Morgan fingerprint density at radius 1 is 1.09 bits per heavy atom. The first-order chi connectivity index (χ1) is 15.6. The van der Waals surface area contributed by atoms with E-state index in [0.717, 1.165) is 11.6 Å². The van der Waals surface area contributed by atoms with Gasteiger partial charge in [-0.3, -0.25) is 9.69 Å². The van der Waals surface area contributed by atoms with Crippen molar-refractivity contribution in [1.29, 1.82) is 0 Å². The van der Waals surface area contributed by atoms with Crippen molar-refractivity contribution in [2.24, 2.45) is 0 Å². The molecule has 0 aliphatic carbocycles. The summed E-state index contributed by atoms with van der Waals surface area (Å²) in [5.74, 6) is 0.0365. The van der Waals surface area contributed by atoms with Gasteiger partial charge in [0.1, 0.15) is 0 Å². The van der Waals surface area contributed by atoms with Gasteiger partial charge in [-0.15, -0.1) is 5.10 Å². The summed E-state index contributed by atoms with van der Waals surface area (Å²) in [6, 6.07) is 5.18. The number of halogens is 3. The number of carbonyl (C=O) groups excluding carboxylic acids is 2. The summed E-state index contributed by atoms with van der Waals surface area (Å²) >= 11 is 0. The molecule has 2 heterocycles. The molecule has 8 nitrogen and oxygen atoms in total. The molecule has 1 saturated heterocycles. The van der Waals surface area contributed by atoms with Crippen molar-refractivity contribution in [3.63, 3.8) is 0 Å². The molecule has 0 spiro atoms. The maximum absolute atomic E-state index is 13.3. The fraction of sp³-hybridized carbons (Fsp3) is 0.500. The number of nitrogens with zero attached hydrogens (tertiary/aromatic N) is 5. The Bertz CT molecular complexity index is 979. The van der Waals surface area contributed by atoms with Gasteiger partial charge in [-0.2, -0.15) is 17.9 Å². The number of alkyl halides is 3. The summed E-state index contributed by atoms with van der Waals surface area (Å²) in [4.78, 5) is 29.6. The van der Waals surface area contributed by atoms with Gasteiger partial charge in [0.2, 0.25) is 5.91 Å². The van der Waals surface area contributed by atoms with Gasteiger partial charge in [-0.25, -0.2) is 4.79 Å². The van der Waals surface area contributed by atoms with Crippen LogP contribution in [0.25, 0.3) is 0 Å². The van der Waals surface area contributed by atoms with Crippen molar-refractivity contribution in [1.82, 2.24) is 19.6 Å². The van der Waals surface area contributed by atoms with E-state index in [9.17, 15) is 22.8 Å². The molecular formula is C22H29F3N6O2. The van der Waals surface area contributed by atoms with Gasteiger partial charge in [0.05, 0.1) is 5.56 Å². The summed E-state index contributed by atoms with van der Waals surface area (Å²) in [5.41, 5.74) is 0.773. The summed E-state index contributed by atoms with van der Waals surface area (Å²) in [5, 5.41) is 6.60. The van der Waals surface area contributed by atoms with E-state index < -0.39 is 11.7 Å². The third-order valence-corrected chi connectivity index (χ3v) is 5.64. The molecule has 1 aromatic carbocycles. The SMILES string of the molecule is CCN(CC)c1cc(C(F)(F)F)ccc1CN1CCN(C(=O)n2ccc(NC(C)=O)n2)CC1. The van der Waals surface area contributed by atoms with Gasteiger partial charge in [-0.1, -0.05) is 6.07 Å². The number of nitrogens with one attached hydrogen (secondary N) is 1. The molecule has 1 fully saturated rings. The molecular weight excluding hydrogens is 437 g/mol. The second-order valence-corrected chi connectivity index (χ2v) is 7.89. The van der Waals surface area contributed by atoms with Crippen molar-refractivity contribution in [3.8, 4) is 0 Å². The molecule has 180 valence electrons. The lowest BCUT2D eigenvalue weighted by Crippen LogP contribution is -2.49. The standard InChI is InChI=1S/C22H29F3N6O2/c1-4-29(5-2)19-14-18(22(23,24)25)7-6-17(19)15-28-10-12-30(13-11-28)21(33)31-9-8-20(27-31)26-16(3)32/h6-9,14H,4-5,10-13,15H2,1-3H3,(H,26,27,32). The van der Waals surface area contributed by atoms with Crippen LogP contribution in [0, 0.1) is 0 Å². The number of benzene rings is 1. The van der Waals surface area contributed by atoms with Gasteiger partial charge in [0, 0.05) is 70.7 Å². The van der Waals surface area contributed by atoms with Crippen molar-refractivity contribution in [2.75, 3.05) is 49.5 Å². The van der Waals surface area contributed by atoms with Crippen LogP contribution in [0.15, 0.2) is 30.5 Å². The molecule has 3 rings (SSSR count). The highest BCUT2D eigenvalue weighted by atomic mass is 19.4. The third kappa shape index (κ3) is 6.04. The Balaban J connectivity index is 1.66.